The zero-order chi connectivity index (χ0) is 23.4. The number of phenols is 1. The Hall–Kier alpha value is -2.59. The van der Waals surface area contributed by atoms with Crippen molar-refractivity contribution in [3.63, 3.8) is 0 Å². The summed E-state index contributed by atoms with van der Waals surface area (Å²) in [5.74, 6) is 0.790. The van der Waals surface area contributed by atoms with Gasteiger partial charge in [0.2, 0.25) is 5.52 Å². The summed E-state index contributed by atoms with van der Waals surface area (Å²) in [6.45, 7) is 2.32. The number of aliphatic hydroxyl groups excluding tert-OH is 2. The van der Waals surface area contributed by atoms with Gasteiger partial charge < -0.3 is 25.0 Å². The largest absolute Gasteiger partial charge is 0.508 e. The number of ether oxygens (including phenoxy) is 1. The molecule has 2 heterocycles. The number of benzene rings is 2. The van der Waals surface area contributed by atoms with Crippen molar-refractivity contribution in [1.82, 2.24) is 0 Å². The van der Waals surface area contributed by atoms with Gasteiger partial charge in [-0.2, -0.15) is 4.57 Å². The van der Waals surface area contributed by atoms with Gasteiger partial charge in [0.15, 0.2) is 6.54 Å². The number of hydrogen-bond acceptors (Lipinski definition) is 7. The van der Waals surface area contributed by atoms with Crippen LogP contribution in [0.25, 0.3) is 16.3 Å². The molecule has 4 rings (SSSR count). The van der Waals surface area contributed by atoms with Crippen LogP contribution in [0.4, 0.5) is 10.1 Å². The van der Waals surface area contributed by atoms with Gasteiger partial charge in [-0.25, -0.2) is 4.39 Å². The molecule has 0 bridgehead atoms. The molecule has 0 saturated carbocycles. The molecule has 0 radical (unpaired) electrons. The maximum atomic E-state index is 12.5. The van der Waals surface area contributed by atoms with Crippen LogP contribution < -0.4 is 14.2 Å². The lowest BCUT2D eigenvalue weighted by atomic mass is 10.2. The van der Waals surface area contributed by atoms with E-state index >= 15 is 0 Å². The summed E-state index contributed by atoms with van der Waals surface area (Å²) in [6, 6.07) is 10.9. The summed E-state index contributed by atoms with van der Waals surface area (Å²) in [5, 5.41) is 31.0. The number of thiazole rings is 1. The van der Waals surface area contributed by atoms with Gasteiger partial charge in [0, 0.05) is 23.6 Å². The molecule has 0 amide bonds. The number of β-amino-alcohol motifs (C(OH)–C–C–N with tert-alkyl or cyclic N) is 1. The van der Waals surface area contributed by atoms with Crippen LogP contribution in [-0.2, 0) is 6.54 Å². The van der Waals surface area contributed by atoms with Gasteiger partial charge >= 0.3 is 0 Å². The number of alkyl halides is 1. The standard InChI is InChI=1S/C24H25FN2O4S2/c1-16(12-23-26(7-9-28)19-14-17(30)2-4-21(19)32-23)13-24-27(8-10-29)20-15-18(31-11-6-25)3-5-22(20)33-24/h2-5,12-15,28-29H,6-11H2,1H3/p+1/i25-1. The lowest BCUT2D eigenvalue weighted by Crippen LogP contribution is -2.36. The first kappa shape index (κ1) is 23.6. The fourth-order valence-corrected chi connectivity index (χ4v) is 6.08. The first-order valence-corrected chi connectivity index (χ1v) is 12.2. The van der Waals surface area contributed by atoms with Gasteiger partial charge in [0.05, 0.1) is 23.4 Å². The van der Waals surface area contributed by atoms with Crippen LogP contribution in [0.15, 0.2) is 58.0 Å². The summed E-state index contributed by atoms with van der Waals surface area (Å²) in [5.41, 5.74) is 2.81. The minimum absolute atomic E-state index is 0.00458. The van der Waals surface area contributed by atoms with E-state index in [1.807, 2.05) is 40.7 Å². The molecule has 0 saturated heterocycles. The van der Waals surface area contributed by atoms with E-state index in [1.165, 1.54) is 0 Å². The molecule has 0 spiro atoms. The normalized spacial score (nSPS) is 15.0. The zero-order valence-electron chi connectivity index (χ0n) is 18.2. The summed E-state index contributed by atoms with van der Waals surface area (Å²) >= 11 is 3.20. The smallest absolute Gasteiger partial charge is 0.263 e. The number of fused-ring (bicyclic) bond motifs is 2. The summed E-state index contributed by atoms with van der Waals surface area (Å²) in [6.07, 6.45) is 4.12. The van der Waals surface area contributed by atoms with E-state index in [2.05, 4.69) is 12.2 Å². The van der Waals surface area contributed by atoms with Crippen LogP contribution >= 0.6 is 23.1 Å². The van der Waals surface area contributed by atoms with Crippen LogP contribution in [0.1, 0.15) is 11.9 Å². The van der Waals surface area contributed by atoms with Crippen molar-refractivity contribution in [3.8, 4) is 11.5 Å². The maximum absolute atomic E-state index is 12.5. The third-order valence-corrected chi connectivity index (χ3v) is 7.34. The van der Waals surface area contributed by atoms with Gasteiger partial charge in [-0.3, -0.25) is 0 Å². The summed E-state index contributed by atoms with van der Waals surface area (Å²) in [7, 11) is 0. The van der Waals surface area contributed by atoms with Crippen LogP contribution in [0, 0.1) is 0 Å². The molecular weight excluding hydrogens is 462 g/mol. The van der Waals surface area contributed by atoms with Gasteiger partial charge in [-0.05, 0) is 42.8 Å². The van der Waals surface area contributed by atoms with Gasteiger partial charge in [-0.1, -0.05) is 23.1 Å². The molecule has 1 aromatic heterocycles. The SMILES string of the molecule is CC(/C=C1\Sc2ccc(O)cc2N1CCO)=C\c1sc2ccc(OCC[18F])cc2[n+]1CCO. The maximum Gasteiger partial charge on any atom is 0.263 e. The van der Waals surface area contributed by atoms with E-state index in [0.29, 0.717) is 18.8 Å². The van der Waals surface area contributed by atoms with E-state index in [1.54, 1.807) is 35.2 Å². The Kier molecular flexibility index (Phi) is 7.54. The average Bonchev–Trinajstić information content (AvgIpc) is 3.30. The number of halogens is 1. The molecule has 1 aliphatic rings. The van der Waals surface area contributed by atoms with Crippen LogP contribution in [-0.4, -0.2) is 48.4 Å². The van der Waals surface area contributed by atoms with Crippen molar-refractivity contribution in [2.75, 3.05) is 37.9 Å². The van der Waals surface area contributed by atoms with Crippen LogP contribution in [0.3, 0.4) is 0 Å². The minimum Gasteiger partial charge on any atom is -0.508 e. The first-order chi connectivity index (χ1) is 16.0. The highest BCUT2D eigenvalue weighted by Gasteiger charge is 2.25. The fourth-order valence-electron chi connectivity index (χ4n) is 3.72. The number of aromatic hydroxyl groups is 1. The third-order valence-electron chi connectivity index (χ3n) is 5.11. The molecule has 2 aromatic carbocycles. The van der Waals surface area contributed by atoms with E-state index in [9.17, 15) is 19.7 Å². The number of aromatic nitrogens is 1. The Morgan fingerprint density at radius 3 is 2.79 bits per heavy atom. The van der Waals surface area contributed by atoms with E-state index in [0.717, 1.165) is 36.4 Å². The second kappa shape index (κ2) is 10.6. The molecular formula is C24H26FN2O4S2+. The molecule has 33 heavy (non-hydrogen) atoms. The molecule has 3 aromatic rings. The second-order valence-corrected chi connectivity index (χ2v) is 9.61. The molecule has 9 heteroatoms. The van der Waals surface area contributed by atoms with E-state index in [-0.39, 0.29) is 25.6 Å². The Morgan fingerprint density at radius 2 is 2.03 bits per heavy atom. The predicted molar refractivity (Wildman–Crippen MR) is 131 cm³/mol. The number of anilines is 1. The zero-order valence-corrected chi connectivity index (χ0v) is 19.8. The number of nitrogens with zero attached hydrogens (tertiary/aromatic N) is 2. The van der Waals surface area contributed by atoms with Gasteiger partial charge in [-0.15, -0.1) is 0 Å². The molecule has 3 N–H and O–H groups in total. The third kappa shape index (κ3) is 5.16. The number of rotatable bonds is 9. The lowest BCUT2D eigenvalue weighted by molar-refractivity contribution is -0.670. The highest BCUT2D eigenvalue weighted by Crippen LogP contribution is 2.47. The van der Waals surface area contributed by atoms with Crippen molar-refractivity contribution in [2.45, 2.75) is 18.4 Å². The molecule has 1 aliphatic heterocycles. The molecule has 0 atom stereocenters. The molecule has 0 unspecified atom stereocenters. The van der Waals surface area contributed by atoms with Crippen LogP contribution in [0.2, 0.25) is 0 Å². The number of aliphatic hydroxyl groups is 2. The highest BCUT2D eigenvalue weighted by atomic mass is 32.2. The van der Waals surface area contributed by atoms with Crippen molar-refractivity contribution >= 4 is 45.1 Å². The number of hydrogen-bond donors (Lipinski definition) is 3. The van der Waals surface area contributed by atoms with Crippen molar-refractivity contribution < 1.29 is 29.0 Å². The number of allylic oxidation sites excluding steroid dienone is 2. The molecule has 0 fully saturated rings. The summed E-state index contributed by atoms with van der Waals surface area (Å²) in [4.78, 5) is 3.02. The number of phenolic OH excluding ortho intramolecular Hbond substituents is 1. The second-order valence-electron chi connectivity index (χ2n) is 7.48. The van der Waals surface area contributed by atoms with Crippen LogP contribution in [0.5, 0.6) is 11.5 Å². The van der Waals surface area contributed by atoms with E-state index < -0.39 is 6.67 Å². The first-order valence-electron chi connectivity index (χ1n) is 10.6. The van der Waals surface area contributed by atoms with E-state index in [4.69, 9.17) is 4.74 Å². The fraction of sp³-hybridized carbons (Fsp3) is 0.292. The average molecular weight is 489 g/mol. The van der Waals surface area contributed by atoms with Gasteiger partial charge in [0.25, 0.3) is 5.01 Å². The number of thioether (sulfide) groups is 1. The Bertz CT molecular complexity index is 1210. The van der Waals surface area contributed by atoms with Crippen molar-refractivity contribution in [2.24, 2.45) is 0 Å². The molecule has 6 nitrogen and oxygen atoms in total. The van der Waals surface area contributed by atoms with Crippen molar-refractivity contribution in [3.05, 3.63) is 58.1 Å². The topological polar surface area (TPSA) is 77.0 Å². The quantitative estimate of drug-likeness (QED) is 0.394. The Labute approximate surface area is 199 Å². The van der Waals surface area contributed by atoms with Gasteiger partial charge in [0.1, 0.15) is 36.1 Å². The molecule has 174 valence electrons. The Balaban J connectivity index is 1.68. The minimum atomic E-state index is -0.547. The lowest BCUT2D eigenvalue weighted by Gasteiger charge is -2.19. The highest BCUT2D eigenvalue weighted by molar-refractivity contribution is 8.03. The summed E-state index contributed by atoms with van der Waals surface area (Å²) < 4.78 is 21.0. The predicted octanol–water partition coefficient (Wildman–Crippen LogP) is 4.08. The van der Waals surface area contributed by atoms with Crippen molar-refractivity contribution in [1.29, 1.82) is 0 Å². The monoisotopic (exact) mass is 488 g/mol. The Morgan fingerprint density at radius 1 is 1.18 bits per heavy atom. The molecule has 0 aliphatic carbocycles.